The third-order valence-electron chi connectivity index (χ3n) is 5.03. The first-order valence-electron chi connectivity index (χ1n) is 8.52. The minimum absolute atomic E-state index is 0.0534. The summed E-state index contributed by atoms with van der Waals surface area (Å²) in [5.74, 6) is 1.01. The number of para-hydroxylation sites is 1. The molecule has 5 nitrogen and oxygen atoms in total. The van der Waals surface area contributed by atoms with Gasteiger partial charge in [0.05, 0.1) is 18.7 Å². The van der Waals surface area contributed by atoms with E-state index in [-0.39, 0.29) is 18.0 Å². The molecule has 23 heavy (non-hydrogen) atoms. The summed E-state index contributed by atoms with van der Waals surface area (Å²) in [5.41, 5.74) is 1.09. The van der Waals surface area contributed by atoms with Crippen molar-refractivity contribution in [2.75, 3.05) is 33.3 Å². The Morgan fingerprint density at radius 2 is 2.13 bits per heavy atom. The first kappa shape index (κ1) is 16.3. The van der Waals surface area contributed by atoms with Crippen LogP contribution in [0.1, 0.15) is 31.9 Å². The summed E-state index contributed by atoms with van der Waals surface area (Å²) in [7, 11) is 2.14. The van der Waals surface area contributed by atoms with Gasteiger partial charge in [0.15, 0.2) is 0 Å². The Balaban J connectivity index is 1.65. The van der Waals surface area contributed by atoms with E-state index in [1.807, 2.05) is 31.2 Å². The maximum Gasteiger partial charge on any atom is 0.237 e. The van der Waals surface area contributed by atoms with Gasteiger partial charge >= 0.3 is 0 Å². The summed E-state index contributed by atoms with van der Waals surface area (Å²) in [6.45, 7) is 7.84. The Hall–Kier alpha value is -1.59. The van der Waals surface area contributed by atoms with Gasteiger partial charge in [-0.25, -0.2) is 0 Å². The van der Waals surface area contributed by atoms with E-state index in [2.05, 4.69) is 29.1 Å². The predicted molar refractivity (Wildman–Crippen MR) is 90.6 cm³/mol. The molecule has 1 amide bonds. The average Bonchev–Trinajstić information content (AvgIpc) is 2.54. The van der Waals surface area contributed by atoms with Crippen LogP contribution in [-0.4, -0.2) is 61.1 Å². The third kappa shape index (κ3) is 3.51. The molecule has 2 heterocycles. The molecule has 2 aliphatic heterocycles. The standard InChI is InChI=1S/C18H27N3O2/c1-13-12-20(3)9-10-21(13)14(2)18(22)19-16-8-11-23-17-7-5-4-6-15(16)17/h4-7,13-14,16H,8-12H2,1-3H3,(H,19,22)/t13-,14-,16+/m1/s1. The number of hydrogen-bond acceptors (Lipinski definition) is 4. The van der Waals surface area contributed by atoms with Crippen molar-refractivity contribution in [3.63, 3.8) is 0 Å². The van der Waals surface area contributed by atoms with Gasteiger partial charge < -0.3 is 15.0 Å². The fourth-order valence-electron chi connectivity index (χ4n) is 3.66. The minimum Gasteiger partial charge on any atom is -0.493 e. The summed E-state index contributed by atoms with van der Waals surface area (Å²) < 4.78 is 5.67. The van der Waals surface area contributed by atoms with E-state index in [1.54, 1.807) is 0 Å². The Bertz CT molecular complexity index is 563. The molecule has 5 heteroatoms. The molecule has 0 spiro atoms. The highest BCUT2D eigenvalue weighted by atomic mass is 16.5. The molecule has 0 bridgehead atoms. The summed E-state index contributed by atoms with van der Waals surface area (Å²) in [5, 5.41) is 3.23. The molecular formula is C18H27N3O2. The van der Waals surface area contributed by atoms with Gasteiger partial charge in [0.25, 0.3) is 0 Å². The van der Waals surface area contributed by atoms with Gasteiger partial charge in [-0.1, -0.05) is 18.2 Å². The van der Waals surface area contributed by atoms with Crippen LogP contribution in [0.5, 0.6) is 5.75 Å². The number of likely N-dealkylation sites (N-methyl/N-ethyl adjacent to an activating group) is 1. The molecule has 126 valence electrons. The molecule has 0 saturated carbocycles. The number of amides is 1. The van der Waals surface area contributed by atoms with Crippen LogP contribution in [-0.2, 0) is 4.79 Å². The fourth-order valence-corrected chi connectivity index (χ4v) is 3.66. The zero-order valence-electron chi connectivity index (χ0n) is 14.3. The molecule has 0 aromatic heterocycles. The summed E-state index contributed by atoms with van der Waals surface area (Å²) in [4.78, 5) is 17.4. The predicted octanol–water partition coefficient (Wildman–Crippen LogP) is 1.65. The van der Waals surface area contributed by atoms with Gasteiger partial charge in [-0.2, -0.15) is 0 Å². The summed E-state index contributed by atoms with van der Waals surface area (Å²) >= 11 is 0. The lowest BCUT2D eigenvalue weighted by atomic mass is 10.00. The van der Waals surface area contributed by atoms with Gasteiger partial charge in [0.2, 0.25) is 5.91 Å². The molecule has 1 fully saturated rings. The van der Waals surface area contributed by atoms with Crippen molar-refractivity contribution in [2.45, 2.75) is 38.4 Å². The Labute approximate surface area is 138 Å². The molecule has 1 saturated heterocycles. The van der Waals surface area contributed by atoms with Crippen LogP contribution in [0.25, 0.3) is 0 Å². The van der Waals surface area contributed by atoms with Crippen LogP contribution in [0.4, 0.5) is 0 Å². The van der Waals surface area contributed by atoms with Crippen LogP contribution in [0.2, 0.25) is 0 Å². The van der Waals surface area contributed by atoms with Crippen LogP contribution >= 0.6 is 0 Å². The van der Waals surface area contributed by atoms with Crippen molar-refractivity contribution >= 4 is 5.91 Å². The lowest BCUT2D eigenvalue weighted by Gasteiger charge is -2.41. The van der Waals surface area contributed by atoms with Crippen molar-refractivity contribution in [3.05, 3.63) is 29.8 Å². The van der Waals surface area contributed by atoms with Crippen LogP contribution < -0.4 is 10.1 Å². The van der Waals surface area contributed by atoms with Gasteiger partial charge in [-0.15, -0.1) is 0 Å². The molecule has 1 aromatic rings. The number of piperazine rings is 1. The number of fused-ring (bicyclic) bond motifs is 1. The second-order valence-corrected chi connectivity index (χ2v) is 6.76. The van der Waals surface area contributed by atoms with Crippen LogP contribution in [0, 0.1) is 0 Å². The van der Waals surface area contributed by atoms with Crippen molar-refractivity contribution in [2.24, 2.45) is 0 Å². The zero-order chi connectivity index (χ0) is 16.4. The number of nitrogens with zero attached hydrogens (tertiary/aromatic N) is 2. The normalized spacial score (nSPS) is 26.9. The quantitative estimate of drug-likeness (QED) is 0.921. The summed E-state index contributed by atoms with van der Waals surface area (Å²) in [6.07, 6.45) is 0.827. The van der Waals surface area contributed by atoms with E-state index < -0.39 is 0 Å². The van der Waals surface area contributed by atoms with E-state index in [0.29, 0.717) is 12.6 Å². The number of rotatable bonds is 3. The van der Waals surface area contributed by atoms with Gasteiger partial charge in [0.1, 0.15) is 5.75 Å². The molecule has 3 atom stereocenters. The molecule has 1 N–H and O–H groups in total. The molecule has 0 unspecified atom stereocenters. The topological polar surface area (TPSA) is 44.8 Å². The van der Waals surface area contributed by atoms with Crippen LogP contribution in [0.15, 0.2) is 24.3 Å². The van der Waals surface area contributed by atoms with Crippen molar-refractivity contribution in [3.8, 4) is 5.75 Å². The Morgan fingerprint density at radius 1 is 1.35 bits per heavy atom. The largest absolute Gasteiger partial charge is 0.493 e. The summed E-state index contributed by atoms with van der Waals surface area (Å²) in [6, 6.07) is 8.33. The number of benzene rings is 1. The number of carbonyl (C=O) groups is 1. The van der Waals surface area contributed by atoms with Gasteiger partial charge in [-0.3, -0.25) is 9.69 Å². The highest BCUT2D eigenvalue weighted by Gasteiger charge is 2.31. The number of hydrogen-bond donors (Lipinski definition) is 1. The van der Waals surface area contributed by atoms with Crippen molar-refractivity contribution in [1.29, 1.82) is 0 Å². The lowest BCUT2D eigenvalue weighted by Crippen LogP contribution is -2.57. The smallest absolute Gasteiger partial charge is 0.237 e. The second kappa shape index (κ2) is 6.89. The van der Waals surface area contributed by atoms with E-state index >= 15 is 0 Å². The molecule has 0 radical (unpaired) electrons. The van der Waals surface area contributed by atoms with Crippen LogP contribution in [0.3, 0.4) is 0 Å². The minimum atomic E-state index is -0.103. The van der Waals surface area contributed by atoms with E-state index in [1.165, 1.54) is 0 Å². The maximum absolute atomic E-state index is 12.7. The van der Waals surface area contributed by atoms with Crippen molar-refractivity contribution < 1.29 is 9.53 Å². The first-order chi connectivity index (χ1) is 11.1. The number of carbonyl (C=O) groups excluding carboxylic acids is 1. The highest BCUT2D eigenvalue weighted by Crippen LogP contribution is 2.31. The molecule has 0 aliphatic carbocycles. The van der Waals surface area contributed by atoms with Crippen molar-refractivity contribution in [1.82, 2.24) is 15.1 Å². The van der Waals surface area contributed by atoms with E-state index in [0.717, 1.165) is 37.4 Å². The first-order valence-corrected chi connectivity index (χ1v) is 8.52. The molecule has 2 aliphatic rings. The highest BCUT2D eigenvalue weighted by molar-refractivity contribution is 5.82. The van der Waals surface area contributed by atoms with E-state index in [9.17, 15) is 4.79 Å². The Morgan fingerprint density at radius 3 is 2.91 bits per heavy atom. The van der Waals surface area contributed by atoms with Gasteiger partial charge in [-0.05, 0) is 27.0 Å². The molecule has 1 aromatic carbocycles. The molecule has 3 rings (SSSR count). The third-order valence-corrected chi connectivity index (χ3v) is 5.03. The Kier molecular flexibility index (Phi) is 4.87. The van der Waals surface area contributed by atoms with E-state index in [4.69, 9.17) is 4.74 Å². The molecular weight excluding hydrogens is 290 g/mol. The number of nitrogens with one attached hydrogen (secondary N) is 1. The SMILES string of the molecule is C[C@@H]1CN(C)CCN1[C@H](C)C(=O)N[C@H]1CCOc2ccccc21. The fraction of sp³-hybridized carbons (Fsp3) is 0.611. The van der Waals surface area contributed by atoms with Gasteiger partial charge in [0, 0.05) is 37.7 Å². The monoisotopic (exact) mass is 317 g/mol. The number of ether oxygens (including phenoxy) is 1. The zero-order valence-corrected chi connectivity index (χ0v) is 14.3. The average molecular weight is 317 g/mol. The lowest BCUT2D eigenvalue weighted by molar-refractivity contribution is -0.128. The second-order valence-electron chi connectivity index (χ2n) is 6.76. The maximum atomic E-state index is 12.7.